The minimum atomic E-state index is -1.17. The molecule has 1 rings (SSSR count). The molecule has 0 heterocycles. The number of nitrogens with zero attached hydrogens (tertiary/aromatic N) is 2. The number of Topliss-reactive ketones (excluding diaryl/α,β-unsaturated/α-hetero) is 1. The minimum absolute atomic E-state index is 0.0131. The van der Waals surface area contributed by atoms with E-state index in [0.717, 1.165) is 18.2 Å². The Balaban J connectivity index is 3.38. The smallest absolute Gasteiger partial charge is 0.408 e. The zero-order chi connectivity index (χ0) is 26.4. The summed E-state index contributed by atoms with van der Waals surface area (Å²) in [5.74, 6) is -2.29. The van der Waals surface area contributed by atoms with Crippen molar-refractivity contribution in [1.29, 1.82) is 0 Å². The van der Waals surface area contributed by atoms with Crippen LogP contribution in [-0.2, 0) is 14.3 Å². The fourth-order valence-electron chi connectivity index (χ4n) is 3.12. The molecule has 0 saturated carbocycles. The largest absolute Gasteiger partial charge is 0.456 e. The number of ketones is 1. The predicted octanol–water partition coefficient (Wildman–Crippen LogP) is 4.19. The molecule has 3 atom stereocenters. The quantitative estimate of drug-likeness (QED) is 0.292. The number of nitro groups is 2. The monoisotopic (exact) mass is 481 g/mol. The molecule has 0 fully saturated rings. The third-order valence-corrected chi connectivity index (χ3v) is 4.76. The fourth-order valence-corrected chi connectivity index (χ4v) is 3.12. The summed E-state index contributed by atoms with van der Waals surface area (Å²) >= 11 is 0. The molecule has 0 aliphatic rings. The van der Waals surface area contributed by atoms with E-state index < -0.39 is 62.5 Å². The van der Waals surface area contributed by atoms with Crippen LogP contribution in [0.3, 0.4) is 0 Å². The number of non-ortho nitro benzene ring substituents is 2. The molecule has 1 amide bonds. The van der Waals surface area contributed by atoms with Gasteiger partial charge in [-0.2, -0.15) is 0 Å². The number of rotatable bonds is 10. The molecule has 0 saturated heterocycles. The zero-order valence-corrected chi connectivity index (χ0v) is 20.3. The number of carbonyl (C=O) groups excluding carboxylic acids is 3. The van der Waals surface area contributed by atoms with Gasteiger partial charge in [-0.15, -0.1) is 0 Å². The molecule has 1 aromatic carbocycles. The number of ether oxygens (including phenoxy) is 2. The van der Waals surface area contributed by atoms with Crippen molar-refractivity contribution in [2.45, 2.75) is 72.6 Å². The number of carbonyl (C=O) groups is 3. The number of benzene rings is 1. The number of hydrogen-bond acceptors (Lipinski definition) is 9. The summed E-state index contributed by atoms with van der Waals surface area (Å²) in [6.07, 6.45) is -1.64. The van der Waals surface area contributed by atoms with Crippen molar-refractivity contribution >= 4 is 29.2 Å². The lowest BCUT2D eigenvalue weighted by molar-refractivity contribution is -0.394. The van der Waals surface area contributed by atoms with Crippen LogP contribution in [-0.4, -0.2) is 45.4 Å². The van der Waals surface area contributed by atoms with Gasteiger partial charge in [0.2, 0.25) is 0 Å². The van der Waals surface area contributed by atoms with E-state index in [1.807, 2.05) is 13.8 Å². The Hall–Kier alpha value is -3.57. The summed E-state index contributed by atoms with van der Waals surface area (Å²) < 4.78 is 10.8. The van der Waals surface area contributed by atoms with E-state index in [1.54, 1.807) is 20.8 Å². The molecule has 1 N–H and O–H groups in total. The maximum Gasteiger partial charge on any atom is 0.408 e. The second-order valence-electron chi connectivity index (χ2n) is 9.40. The minimum Gasteiger partial charge on any atom is -0.456 e. The number of nitro benzene ring substituents is 2. The average Bonchev–Trinajstić information content (AvgIpc) is 2.68. The topological polar surface area (TPSA) is 168 Å². The number of amides is 1. The molecular formula is C22H31N3O9. The zero-order valence-electron chi connectivity index (χ0n) is 20.3. The first-order valence-corrected chi connectivity index (χ1v) is 10.7. The molecule has 12 heteroatoms. The van der Waals surface area contributed by atoms with Crippen LogP contribution in [0.25, 0.3) is 0 Å². The number of esters is 1. The van der Waals surface area contributed by atoms with E-state index in [-0.39, 0.29) is 11.7 Å². The van der Waals surface area contributed by atoms with E-state index in [9.17, 15) is 34.6 Å². The van der Waals surface area contributed by atoms with Gasteiger partial charge in [-0.05, 0) is 40.0 Å². The molecular weight excluding hydrogens is 450 g/mol. The Morgan fingerprint density at radius 1 is 1.00 bits per heavy atom. The highest BCUT2D eigenvalue weighted by atomic mass is 16.6. The molecule has 12 nitrogen and oxygen atoms in total. The summed E-state index contributed by atoms with van der Waals surface area (Å²) in [5.41, 5.74) is -2.56. The van der Waals surface area contributed by atoms with Crippen LogP contribution >= 0.6 is 0 Å². The van der Waals surface area contributed by atoms with Crippen molar-refractivity contribution in [3.05, 3.63) is 44.0 Å². The van der Waals surface area contributed by atoms with Gasteiger partial charge in [0.25, 0.3) is 11.4 Å². The van der Waals surface area contributed by atoms with Gasteiger partial charge in [-0.1, -0.05) is 20.8 Å². The summed E-state index contributed by atoms with van der Waals surface area (Å²) in [7, 11) is 0. The Bertz CT molecular complexity index is 921. The van der Waals surface area contributed by atoms with Gasteiger partial charge >= 0.3 is 12.1 Å². The molecule has 188 valence electrons. The fraction of sp³-hybridized carbons (Fsp3) is 0.591. The van der Waals surface area contributed by atoms with Gasteiger partial charge < -0.3 is 14.8 Å². The summed E-state index contributed by atoms with van der Waals surface area (Å²) in [6.45, 7) is 11.6. The maximum absolute atomic E-state index is 12.9. The molecule has 0 aliphatic heterocycles. The highest BCUT2D eigenvalue weighted by Crippen LogP contribution is 2.26. The lowest BCUT2D eigenvalue weighted by atomic mass is 9.89. The first kappa shape index (κ1) is 28.5. The van der Waals surface area contributed by atoms with Crippen LogP contribution < -0.4 is 5.32 Å². The lowest BCUT2D eigenvalue weighted by Crippen LogP contribution is -2.51. The van der Waals surface area contributed by atoms with Gasteiger partial charge in [-0.25, -0.2) is 9.59 Å². The van der Waals surface area contributed by atoms with Crippen LogP contribution in [0, 0.1) is 32.1 Å². The molecule has 0 aromatic heterocycles. The normalized spacial score (nSPS) is 14.0. The van der Waals surface area contributed by atoms with Gasteiger partial charge in [-0.3, -0.25) is 25.0 Å². The SMILES string of the molecule is CC(=O)[C@@H](C)[C@H](OC(=O)c1cc([N+](=O)[O-])cc([N+](=O)[O-])c1)[C@H](CC(C)C)NC(=O)OC(C)(C)C. The third-order valence-electron chi connectivity index (χ3n) is 4.76. The van der Waals surface area contributed by atoms with Crippen molar-refractivity contribution in [1.82, 2.24) is 5.32 Å². The molecule has 0 radical (unpaired) electrons. The highest BCUT2D eigenvalue weighted by molar-refractivity contribution is 5.91. The van der Waals surface area contributed by atoms with E-state index in [1.165, 1.54) is 13.8 Å². The van der Waals surface area contributed by atoms with Crippen molar-refractivity contribution in [2.75, 3.05) is 0 Å². The summed E-state index contributed by atoms with van der Waals surface area (Å²) in [6, 6.07) is 1.58. The Morgan fingerprint density at radius 2 is 1.50 bits per heavy atom. The Labute approximate surface area is 197 Å². The van der Waals surface area contributed by atoms with Gasteiger partial charge in [0.15, 0.2) is 0 Å². The first-order valence-electron chi connectivity index (χ1n) is 10.7. The summed E-state index contributed by atoms with van der Waals surface area (Å²) in [4.78, 5) is 58.1. The van der Waals surface area contributed by atoms with Crippen molar-refractivity contribution in [2.24, 2.45) is 11.8 Å². The molecule has 1 aromatic rings. The second kappa shape index (κ2) is 11.5. The van der Waals surface area contributed by atoms with E-state index in [0.29, 0.717) is 6.42 Å². The maximum atomic E-state index is 12.9. The van der Waals surface area contributed by atoms with Gasteiger partial charge in [0.1, 0.15) is 17.5 Å². The van der Waals surface area contributed by atoms with Gasteiger partial charge in [0, 0.05) is 12.1 Å². The lowest BCUT2D eigenvalue weighted by Gasteiger charge is -2.33. The highest BCUT2D eigenvalue weighted by Gasteiger charge is 2.36. The van der Waals surface area contributed by atoms with Crippen LogP contribution in [0.1, 0.15) is 65.2 Å². The number of alkyl carbamates (subject to hydrolysis) is 1. The van der Waals surface area contributed by atoms with E-state index in [4.69, 9.17) is 9.47 Å². The molecule has 34 heavy (non-hydrogen) atoms. The number of hydrogen-bond donors (Lipinski definition) is 1. The Kier molecular flexibility index (Phi) is 9.65. The Morgan fingerprint density at radius 3 is 1.88 bits per heavy atom. The molecule has 0 spiro atoms. The summed E-state index contributed by atoms with van der Waals surface area (Å²) in [5, 5.41) is 25.0. The van der Waals surface area contributed by atoms with Crippen molar-refractivity contribution < 1.29 is 33.7 Å². The standard InChI is InChI=1S/C22H31N3O9/c1-12(2)8-18(23-21(28)34-22(5,6)7)19(13(3)14(4)26)33-20(27)15-9-16(24(29)30)11-17(10-15)25(31)32/h9-13,18-19H,8H2,1-7H3,(H,23,28)/t13-,18+,19+/m1/s1. The van der Waals surface area contributed by atoms with Crippen LogP contribution in [0.5, 0.6) is 0 Å². The molecule has 0 bridgehead atoms. The van der Waals surface area contributed by atoms with Gasteiger partial charge in [0.05, 0.1) is 33.4 Å². The van der Waals surface area contributed by atoms with Crippen LogP contribution in [0.2, 0.25) is 0 Å². The van der Waals surface area contributed by atoms with Crippen LogP contribution in [0.4, 0.5) is 16.2 Å². The van der Waals surface area contributed by atoms with E-state index in [2.05, 4.69) is 5.32 Å². The third kappa shape index (κ3) is 8.75. The molecule has 0 aliphatic carbocycles. The van der Waals surface area contributed by atoms with Crippen molar-refractivity contribution in [3.8, 4) is 0 Å². The van der Waals surface area contributed by atoms with E-state index >= 15 is 0 Å². The van der Waals surface area contributed by atoms with Crippen LogP contribution in [0.15, 0.2) is 18.2 Å². The molecule has 0 unspecified atom stereocenters. The van der Waals surface area contributed by atoms with Crippen molar-refractivity contribution in [3.63, 3.8) is 0 Å². The number of nitrogens with one attached hydrogen (secondary N) is 1. The average molecular weight is 482 g/mol. The second-order valence-corrected chi connectivity index (χ2v) is 9.40. The predicted molar refractivity (Wildman–Crippen MR) is 121 cm³/mol. The first-order chi connectivity index (χ1) is 15.5.